The summed E-state index contributed by atoms with van der Waals surface area (Å²) in [6.07, 6.45) is 0. The zero-order chi connectivity index (χ0) is 21.2. The molecular formula is C20H24F3IN4O2. The first kappa shape index (κ1) is 25.5. The fourth-order valence-electron chi connectivity index (χ4n) is 2.42. The molecule has 30 heavy (non-hydrogen) atoms. The molecule has 0 aliphatic carbocycles. The van der Waals surface area contributed by atoms with E-state index in [2.05, 4.69) is 20.9 Å². The van der Waals surface area contributed by atoms with Crippen LogP contribution in [0.4, 0.5) is 18.9 Å². The van der Waals surface area contributed by atoms with E-state index in [9.17, 15) is 18.0 Å². The number of halogens is 4. The third kappa shape index (κ3) is 7.39. The molecule has 6 nitrogen and oxygen atoms in total. The van der Waals surface area contributed by atoms with Gasteiger partial charge in [-0.15, -0.1) is 24.0 Å². The predicted molar refractivity (Wildman–Crippen MR) is 121 cm³/mol. The Morgan fingerprint density at radius 2 is 1.77 bits per heavy atom. The SMILES string of the molecule is CCNC(=NCc1ccccc1OCC)NCC(=O)Nc1ccc(F)c(F)c1F.I. The molecule has 0 bridgehead atoms. The van der Waals surface area contributed by atoms with Crippen molar-refractivity contribution in [3.8, 4) is 5.75 Å². The Bertz CT molecular complexity index is 881. The largest absolute Gasteiger partial charge is 0.494 e. The highest BCUT2D eigenvalue weighted by Crippen LogP contribution is 2.20. The van der Waals surface area contributed by atoms with Crippen molar-refractivity contribution in [3.05, 3.63) is 59.4 Å². The number of nitrogens with zero attached hydrogens (tertiary/aromatic N) is 1. The maximum absolute atomic E-state index is 13.7. The van der Waals surface area contributed by atoms with Crippen LogP contribution >= 0.6 is 24.0 Å². The first-order valence-corrected chi connectivity index (χ1v) is 9.12. The second-order valence-corrected chi connectivity index (χ2v) is 5.86. The molecule has 0 radical (unpaired) electrons. The van der Waals surface area contributed by atoms with Gasteiger partial charge in [-0.25, -0.2) is 18.2 Å². The number of carbonyl (C=O) groups is 1. The van der Waals surface area contributed by atoms with E-state index in [0.29, 0.717) is 25.7 Å². The lowest BCUT2D eigenvalue weighted by molar-refractivity contribution is -0.115. The van der Waals surface area contributed by atoms with Gasteiger partial charge in [0.1, 0.15) is 5.75 Å². The summed E-state index contributed by atoms with van der Waals surface area (Å²) in [4.78, 5) is 16.4. The molecule has 1 amide bonds. The van der Waals surface area contributed by atoms with Crippen molar-refractivity contribution in [3.63, 3.8) is 0 Å². The smallest absolute Gasteiger partial charge is 0.243 e. The molecule has 0 aliphatic rings. The highest BCUT2D eigenvalue weighted by Gasteiger charge is 2.15. The third-order valence-electron chi connectivity index (χ3n) is 3.75. The maximum atomic E-state index is 13.7. The minimum Gasteiger partial charge on any atom is -0.494 e. The number of aliphatic imine (C=N–C) groups is 1. The van der Waals surface area contributed by atoms with Crippen molar-refractivity contribution in [1.82, 2.24) is 10.6 Å². The maximum Gasteiger partial charge on any atom is 0.243 e. The molecule has 0 aliphatic heterocycles. The number of rotatable bonds is 8. The lowest BCUT2D eigenvalue weighted by atomic mass is 10.2. The summed E-state index contributed by atoms with van der Waals surface area (Å²) >= 11 is 0. The molecule has 0 heterocycles. The van der Waals surface area contributed by atoms with Gasteiger partial charge in [0.25, 0.3) is 0 Å². The minimum atomic E-state index is -1.64. The molecule has 164 valence electrons. The normalized spacial score (nSPS) is 10.8. The van der Waals surface area contributed by atoms with Crippen LogP contribution in [0.25, 0.3) is 0 Å². The molecule has 0 aromatic heterocycles. The fourth-order valence-corrected chi connectivity index (χ4v) is 2.42. The molecule has 0 unspecified atom stereocenters. The van der Waals surface area contributed by atoms with Gasteiger partial charge < -0.3 is 20.7 Å². The van der Waals surface area contributed by atoms with Crippen molar-refractivity contribution in [2.75, 3.05) is 25.0 Å². The second-order valence-electron chi connectivity index (χ2n) is 5.86. The van der Waals surface area contributed by atoms with Gasteiger partial charge in [0.2, 0.25) is 5.91 Å². The lowest BCUT2D eigenvalue weighted by Crippen LogP contribution is -2.41. The van der Waals surface area contributed by atoms with Gasteiger partial charge >= 0.3 is 0 Å². The predicted octanol–water partition coefficient (Wildman–Crippen LogP) is 3.81. The molecule has 10 heteroatoms. The van der Waals surface area contributed by atoms with E-state index < -0.39 is 29.0 Å². The summed E-state index contributed by atoms with van der Waals surface area (Å²) in [5.74, 6) is -3.98. The average Bonchev–Trinajstić information content (AvgIpc) is 2.71. The van der Waals surface area contributed by atoms with Crippen LogP contribution in [-0.2, 0) is 11.3 Å². The summed E-state index contributed by atoms with van der Waals surface area (Å²) in [7, 11) is 0. The molecule has 2 rings (SSSR count). The van der Waals surface area contributed by atoms with Gasteiger partial charge in [-0.1, -0.05) is 18.2 Å². The van der Waals surface area contributed by atoms with Crippen molar-refractivity contribution < 1.29 is 22.7 Å². The van der Waals surface area contributed by atoms with Gasteiger partial charge in [-0.05, 0) is 32.0 Å². The quantitative estimate of drug-likeness (QED) is 0.208. The van der Waals surface area contributed by atoms with Gasteiger partial charge in [-0.2, -0.15) is 0 Å². The van der Waals surface area contributed by atoms with E-state index in [4.69, 9.17) is 4.74 Å². The molecular weight excluding hydrogens is 512 g/mol. The molecule has 3 N–H and O–H groups in total. The van der Waals surface area contributed by atoms with E-state index in [0.717, 1.165) is 23.4 Å². The monoisotopic (exact) mass is 536 g/mol. The minimum absolute atomic E-state index is 0. The van der Waals surface area contributed by atoms with Crippen LogP contribution in [0.1, 0.15) is 19.4 Å². The number of guanidine groups is 1. The van der Waals surface area contributed by atoms with Gasteiger partial charge in [-0.3, -0.25) is 4.79 Å². The van der Waals surface area contributed by atoms with Crippen molar-refractivity contribution in [2.45, 2.75) is 20.4 Å². The lowest BCUT2D eigenvalue weighted by Gasteiger charge is -2.13. The highest BCUT2D eigenvalue weighted by molar-refractivity contribution is 14.0. The number of hydrogen-bond donors (Lipinski definition) is 3. The highest BCUT2D eigenvalue weighted by atomic mass is 127. The topological polar surface area (TPSA) is 74.8 Å². The number of ether oxygens (including phenoxy) is 1. The van der Waals surface area contributed by atoms with Crippen LogP contribution in [0.3, 0.4) is 0 Å². The number of para-hydroxylation sites is 1. The summed E-state index contributed by atoms with van der Waals surface area (Å²) in [6, 6.07) is 9.16. The summed E-state index contributed by atoms with van der Waals surface area (Å²) in [5.41, 5.74) is 0.433. The van der Waals surface area contributed by atoms with Crippen LogP contribution in [-0.4, -0.2) is 31.6 Å². The van der Waals surface area contributed by atoms with Crippen LogP contribution in [0.2, 0.25) is 0 Å². The Kier molecular flexibility index (Phi) is 11.0. The standard InChI is InChI=1S/C20H23F3N4O2.HI/c1-3-24-20(25-11-13-7-5-6-8-16(13)29-4-2)26-12-17(28)27-15-10-9-14(21)18(22)19(15)23;/h5-10H,3-4,11-12H2,1-2H3,(H,27,28)(H2,24,25,26);1H. The van der Waals surface area contributed by atoms with Crippen LogP contribution < -0.4 is 20.7 Å². The third-order valence-corrected chi connectivity index (χ3v) is 3.75. The first-order chi connectivity index (χ1) is 14.0. The summed E-state index contributed by atoms with van der Waals surface area (Å²) in [5, 5.41) is 7.98. The number of carbonyl (C=O) groups excluding carboxylic acids is 1. The molecule has 0 spiro atoms. The molecule has 2 aromatic rings. The Hall–Kier alpha value is -2.50. The van der Waals surface area contributed by atoms with E-state index in [-0.39, 0.29) is 30.5 Å². The molecule has 0 fully saturated rings. The van der Waals surface area contributed by atoms with Crippen LogP contribution in [0.15, 0.2) is 41.4 Å². The van der Waals surface area contributed by atoms with Crippen molar-refractivity contribution >= 4 is 41.5 Å². The fraction of sp³-hybridized carbons (Fsp3) is 0.300. The summed E-state index contributed by atoms with van der Waals surface area (Å²) in [6.45, 7) is 4.89. The van der Waals surface area contributed by atoms with E-state index in [1.807, 2.05) is 38.1 Å². The number of nitrogens with one attached hydrogen (secondary N) is 3. The number of benzene rings is 2. The van der Waals surface area contributed by atoms with Crippen LogP contribution in [0.5, 0.6) is 5.75 Å². The Balaban J connectivity index is 0.00000450. The molecule has 2 aromatic carbocycles. The van der Waals surface area contributed by atoms with E-state index in [1.54, 1.807) is 0 Å². The van der Waals surface area contributed by atoms with Crippen LogP contribution in [0, 0.1) is 17.5 Å². The van der Waals surface area contributed by atoms with E-state index >= 15 is 0 Å². The number of amides is 1. The molecule has 0 atom stereocenters. The second kappa shape index (κ2) is 12.9. The molecule has 0 saturated heterocycles. The Morgan fingerprint density at radius 1 is 1.03 bits per heavy atom. The van der Waals surface area contributed by atoms with Gasteiger partial charge in [0.05, 0.1) is 25.4 Å². The molecule has 0 saturated carbocycles. The van der Waals surface area contributed by atoms with E-state index in [1.165, 1.54) is 0 Å². The Labute approximate surface area is 190 Å². The number of hydrogen-bond acceptors (Lipinski definition) is 3. The van der Waals surface area contributed by atoms with Crippen molar-refractivity contribution in [2.24, 2.45) is 4.99 Å². The zero-order valence-corrected chi connectivity index (χ0v) is 18.9. The zero-order valence-electron chi connectivity index (χ0n) is 16.6. The first-order valence-electron chi connectivity index (χ1n) is 9.12. The summed E-state index contributed by atoms with van der Waals surface area (Å²) < 4.78 is 45.4. The Morgan fingerprint density at radius 3 is 2.47 bits per heavy atom. The van der Waals surface area contributed by atoms with Gasteiger partial charge in [0, 0.05) is 12.1 Å². The number of anilines is 1. The van der Waals surface area contributed by atoms with Gasteiger partial charge in [0.15, 0.2) is 23.4 Å². The average molecular weight is 536 g/mol. The van der Waals surface area contributed by atoms with Crippen molar-refractivity contribution in [1.29, 1.82) is 0 Å².